The number of nitrogens with zero attached hydrogens (tertiary/aromatic N) is 1. The first-order valence-corrected chi connectivity index (χ1v) is 7.40. The Labute approximate surface area is 125 Å². The molecule has 0 unspecified atom stereocenters. The molecule has 21 heavy (non-hydrogen) atoms. The third kappa shape index (κ3) is 4.43. The van der Waals surface area contributed by atoms with Gasteiger partial charge in [0.1, 0.15) is 5.82 Å². The number of benzene rings is 1. The van der Waals surface area contributed by atoms with Crippen LogP contribution in [0, 0.1) is 5.82 Å². The number of nitrogens with one attached hydrogen (secondary N) is 2. The Balaban J connectivity index is 1.84. The van der Waals surface area contributed by atoms with Crippen LogP contribution in [0.4, 0.5) is 4.39 Å². The zero-order valence-corrected chi connectivity index (χ0v) is 12.8. The molecule has 2 N–H and O–H groups in total. The van der Waals surface area contributed by atoms with Crippen LogP contribution in [0.3, 0.4) is 0 Å². The third-order valence-electron chi connectivity index (χ3n) is 3.93. The minimum atomic E-state index is -0.166. The highest BCUT2D eigenvalue weighted by atomic mass is 19.1. The molecular formula is C16H24FN3O. The number of rotatable bonds is 7. The number of hydrogen-bond donors (Lipinski definition) is 2. The van der Waals surface area contributed by atoms with Crippen molar-refractivity contribution < 1.29 is 9.13 Å². The molecule has 0 aliphatic heterocycles. The van der Waals surface area contributed by atoms with Crippen molar-refractivity contribution in [1.82, 2.24) is 10.6 Å². The summed E-state index contributed by atoms with van der Waals surface area (Å²) in [6, 6.07) is 6.92. The first kappa shape index (κ1) is 15.8. The van der Waals surface area contributed by atoms with Gasteiger partial charge < -0.3 is 15.4 Å². The molecule has 0 amide bonds. The third-order valence-corrected chi connectivity index (χ3v) is 3.93. The van der Waals surface area contributed by atoms with Crippen LogP contribution >= 0.6 is 0 Å². The van der Waals surface area contributed by atoms with E-state index in [0.717, 1.165) is 50.5 Å². The van der Waals surface area contributed by atoms with Crippen LogP contribution in [0.5, 0.6) is 0 Å². The van der Waals surface area contributed by atoms with Crippen LogP contribution in [0.15, 0.2) is 29.3 Å². The van der Waals surface area contributed by atoms with E-state index in [1.54, 1.807) is 26.3 Å². The monoisotopic (exact) mass is 293 g/mol. The fourth-order valence-electron chi connectivity index (χ4n) is 2.43. The molecule has 1 saturated carbocycles. The highest BCUT2D eigenvalue weighted by molar-refractivity contribution is 5.79. The summed E-state index contributed by atoms with van der Waals surface area (Å²) in [5, 5.41) is 6.59. The number of halogens is 1. The molecule has 4 nitrogen and oxygen atoms in total. The Morgan fingerprint density at radius 2 is 2.19 bits per heavy atom. The largest absolute Gasteiger partial charge is 0.385 e. The van der Waals surface area contributed by atoms with Gasteiger partial charge in [-0.1, -0.05) is 12.1 Å². The molecule has 1 fully saturated rings. The van der Waals surface area contributed by atoms with Crippen LogP contribution in [0.1, 0.15) is 24.8 Å². The second-order valence-corrected chi connectivity index (χ2v) is 5.49. The lowest BCUT2D eigenvalue weighted by molar-refractivity contribution is 0.195. The maximum Gasteiger partial charge on any atom is 0.191 e. The Morgan fingerprint density at radius 1 is 1.38 bits per heavy atom. The lowest BCUT2D eigenvalue weighted by atomic mass is 9.96. The van der Waals surface area contributed by atoms with E-state index in [0.29, 0.717) is 0 Å². The summed E-state index contributed by atoms with van der Waals surface area (Å²) in [5.41, 5.74) is 1.14. The van der Waals surface area contributed by atoms with Gasteiger partial charge in [0.25, 0.3) is 0 Å². The van der Waals surface area contributed by atoms with E-state index in [1.165, 1.54) is 6.07 Å². The summed E-state index contributed by atoms with van der Waals surface area (Å²) in [6.45, 7) is 2.33. The summed E-state index contributed by atoms with van der Waals surface area (Å²) in [5.74, 6) is 0.620. The number of methoxy groups -OCH3 is 1. The second kappa shape index (κ2) is 7.41. The van der Waals surface area contributed by atoms with Gasteiger partial charge in [0.15, 0.2) is 5.96 Å². The summed E-state index contributed by atoms with van der Waals surface area (Å²) in [6.07, 6.45) is 3.11. The molecule has 1 aromatic rings. The lowest BCUT2D eigenvalue weighted by Gasteiger charge is -2.19. The molecule has 2 rings (SSSR count). The summed E-state index contributed by atoms with van der Waals surface area (Å²) in [7, 11) is 3.45. The molecule has 0 saturated heterocycles. The molecular weight excluding hydrogens is 269 g/mol. The maximum atomic E-state index is 13.4. The van der Waals surface area contributed by atoms with E-state index in [4.69, 9.17) is 4.74 Å². The van der Waals surface area contributed by atoms with Gasteiger partial charge in [-0.15, -0.1) is 0 Å². The lowest BCUT2D eigenvalue weighted by Crippen LogP contribution is -2.41. The van der Waals surface area contributed by atoms with Gasteiger partial charge in [-0.2, -0.15) is 0 Å². The van der Waals surface area contributed by atoms with E-state index >= 15 is 0 Å². The molecule has 0 bridgehead atoms. The van der Waals surface area contributed by atoms with Gasteiger partial charge in [-0.05, 0) is 37.0 Å². The van der Waals surface area contributed by atoms with Gasteiger partial charge in [-0.25, -0.2) is 4.39 Å². The highest BCUT2D eigenvalue weighted by Gasteiger charge is 2.44. The predicted octanol–water partition coefficient (Wildman–Crippen LogP) is 2.06. The highest BCUT2D eigenvalue weighted by Crippen LogP contribution is 2.47. The van der Waals surface area contributed by atoms with Crippen molar-refractivity contribution in [3.8, 4) is 0 Å². The quantitative estimate of drug-likeness (QED) is 0.459. The Morgan fingerprint density at radius 3 is 2.81 bits per heavy atom. The smallest absolute Gasteiger partial charge is 0.191 e. The molecule has 0 radical (unpaired) electrons. The Bertz CT molecular complexity index is 486. The van der Waals surface area contributed by atoms with Gasteiger partial charge in [0.05, 0.1) is 0 Å². The van der Waals surface area contributed by atoms with Crippen LogP contribution in [0.2, 0.25) is 0 Å². The zero-order chi connectivity index (χ0) is 15.1. The summed E-state index contributed by atoms with van der Waals surface area (Å²) >= 11 is 0. The molecule has 0 heterocycles. The second-order valence-electron chi connectivity index (χ2n) is 5.49. The van der Waals surface area contributed by atoms with Gasteiger partial charge in [0.2, 0.25) is 0 Å². The summed E-state index contributed by atoms with van der Waals surface area (Å²) in [4.78, 5) is 4.21. The van der Waals surface area contributed by atoms with Crippen LogP contribution in [0.25, 0.3) is 0 Å². The van der Waals surface area contributed by atoms with Gasteiger partial charge in [-0.3, -0.25) is 4.99 Å². The molecule has 1 aliphatic carbocycles. The average molecular weight is 293 g/mol. The molecule has 5 heteroatoms. The Kier molecular flexibility index (Phi) is 5.56. The topological polar surface area (TPSA) is 45.7 Å². The van der Waals surface area contributed by atoms with Crippen molar-refractivity contribution >= 4 is 5.96 Å². The number of hydrogen-bond acceptors (Lipinski definition) is 2. The van der Waals surface area contributed by atoms with Gasteiger partial charge >= 0.3 is 0 Å². The predicted molar refractivity (Wildman–Crippen MR) is 83.2 cm³/mol. The van der Waals surface area contributed by atoms with E-state index in [-0.39, 0.29) is 11.2 Å². The molecule has 0 spiro atoms. The van der Waals surface area contributed by atoms with Crippen molar-refractivity contribution in [2.75, 3.05) is 33.9 Å². The normalized spacial score (nSPS) is 16.6. The average Bonchev–Trinajstić information content (AvgIpc) is 3.28. The first-order valence-electron chi connectivity index (χ1n) is 7.40. The van der Waals surface area contributed by atoms with Crippen molar-refractivity contribution in [1.29, 1.82) is 0 Å². The molecule has 1 aliphatic rings. The molecule has 0 aromatic heterocycles. The van der Waals surface area contributed by atoms with Crippen molar-refractivity contribution in [2.24, 2.45) is 4.99 Å². The van der Waals surface area contributed by atoms with E-state index in [9.17, 15) is 4.39 Å². The first-order chi connectivity index (χ1) is 10.2. The van der Waals surface area contributed by atoms with Crippen molar-refractivity contribution in [3.63, 3.8) is 0 Å². The zero-order valence-electron chi connectivity index (χ0n) is 12.8. The van der Waals surface area contributed by atoms with E-state index < -0.39 is 0 Å². The van der Waals surface area contributed by atoms with Crippen molar-refractivity contribution in [2.45, 2.75) is 24.7 Å². The number of aliphatic imine (C=N–C) groups is 1. The fraction of sp³-hybridized carbons (Fsp3) is 0.562. The minimum Gasteiger partial charge on any atom is -0.385 e. The van der Waals surface area contributed by atoms with Gasteiger partial charge in [0, 0.05) is 39.3 Å². The number of ether oxygens (including phenoxy) is 1. The Hall–Kier alpha value is -1.62. The SMILES string of the molecule is CN=C(NCCCOC)NCC1(c2cccc(F)c2)CC1. The van der Waals surface area contributed by atoms with Crippen LogP contribution in [-0.4, -0.2) is 39.8 Å². The standard InChI is InChI=1S/C16H24FN3O/c1-18-15(19-9-4-10-21-2)20-12-16(7-8-16)13-5-3-6-14(17)11-13/h3,5-6,11H,4,7-10,12H2,1-2H3,(H2,18,19,20). The van der Waals surface area contributed by atoms with Crippen LogP contribution in [-0.2, 0) is 10.2 Å². The fourth-order valence-corrected chi connectivity index (χ4v) is 2.43. The summed E-state index contributed by atoms with van der Waals surface area (Å²) < 4.78 is 18.4. The molecule has 1 aromatic carbocycles. The van der Waals surface area contributed by atoms with E-state index in [1.807, 2.05) is 6.07 Å². The van der Waals surface area contributed by atoms with Crippen molar-refractivity contribution in [3.05, 3.63) is 35.6 Å². The van der Waals surface area contributed by atoms with E-state index in [2.05, 4.69) is 15.6 Å². The minimum absolute atomic E-state index is 0.0618. The number of guanidine groups is 1. The van der Waals surface area contributed by atoms with Crippen LogP contribution < -0.4 is 10.6 Å². The maximum absolute atomic E-state index is 13.4. The molecule has 0 atom stereocenters. The molecule has 116 valence electrons.